The quantitative estimate of drug-likeness (QED) is 0.705. The van der Waals surface area contributed by atoms with Gasteiger partial charge in [0.1, 0.15) is 0 Å². The summed E-state index contributed by atoms with van der Waals surface area (Å²) in [6.45, 7) is 0. The van der Waals surface area contributed by atoms with Gasteiger partial charge >= 0.3 is 0 Å². The molecule has 2 aromatic rings. The minimum Gasteiger partial charge on any atom is -0.381 e. The Balaban J connectivity index is 1.65. The predicted molar refractivity (Wildman–Crippen MR) is 101 cm³/mol. The first kappa shape index (κ1) is 17.0. The summed E-state index contributed by atoms with van der Waals surface area (Å²) >= 11 is 3.39. The van der Waals surface area contributed by atoms with E-state index in [0.29, 0.717) is 11.6 Å². The molecule has 3 rings (SSSR count). The molecule has 2 N–H and O–H groups in total. The molecule has 0 bridgehead atoms. The van der Waals surface area contributed by atoms with E-state index in [1.165, 1.54) is 38.5 Å². The molecule has 0 unspecified atom stereocenters. The first-order valence-electron chi connectivity index (χ1n) is 8.49. The largest absolute Gasteiger partial charge is 0.381 e. The van der Waals surface area contributed by atoms with E-state index in [4.69, 9.17) is 0 Å². The van der Waals surface area contributed by atoms with Crippen LogP contribution in [0.4, 0.5) is 11.4 Å². The molecule has 0 saturated heterocycles. The summed E-state index contributed by atoms with van der Waals surface area (Å²) in [6.07, 6.45) is 11.0. The van der Waals surface area contributed by atoms with Crippen molar-refractivity contribution >= 4 is 33.2 Å². The van der Waals surface area contributed by atoms with Gasteiger partial charge in [-0.25, -0.2) is 0 Å². The van der Waals surface area contributed by atoms with Gasteiger partial charge in [0.25, 0.3) is 5.91 Å². The highest BCUT2D eigenvalue weighted by atomic mass is 79.9. The molecular formula is C19H22BrN3O. The van der Waals surface area contributed by atoms with Gasteiger partial charge in [0.2, 0.25) is 0 Å². The Hall–Kier alpha value is -1.88. The molecule has 0 atom stereocenters. The Labute approximate surface area is 151 Å². The van der Waals surface area contributed by atoms with Crippen molar-refractivity contribution in [2.75, 3.05) is 10.6 Å². The van der Waals surface area contributed by atoms with Crippen molar-refractivity contribution in [3.8, 4) is 0 Å². The number of hydrogen-bond donors (Lipinski definition) is 2. The molecule has 5 heteroatoms. The van der Waals surface area contributed by atoms with Crippen LogP contribution in [0.3, 0.4) is 0 Å². The average Bonchev–Trinajstić information content (AvgIpc) is 2.86. The second-order valence-electron chi connectivity index (χ2n) is 6.26. The van der Waals surface area contributed by atoms with Gasteiger partial charge in [-0.3, -0.25) is 9.78 Å². The van der Waals surface area contributed by atoms with Crippen molar-refractivity contribution < 1.29 is 4.79 Å². The van der Waals surface area contributed by atoms with Crippen LogP contribution in [-0.4, -0.2) is 16.9 Å². The number of anilines is 2. The van der Waals surface area contributed by atoms with Crippen molar-refractivity contribution in [2.24, 2.45) is 0 Å². The number of benzene rings is 1. The molecule has 0 radical (unpaired) electrons. The molecule has 1 aromatic heterocycles. The smallest absolute Gasteiger partial charge is 0.257 e. The minimum atomic E-state index is -0.144. The maximum atomic E-state index is 12.4. The van der Waals surface area contributed by atoms with Crippen LogP contribution in [0.25, 0.3) is 0 Å². The topological polar surface area (TPSA) is 54.0 Å². The fourth-order valence-electron chi connectivity index (χ4n) is 3.04. The minimum absolute atomic E-state index is 0.144. The molecule has 126 valence electrons. The number of rotatable bonds is 4. The SMILES string of the molecule is O=C(Nc1ccc(Br)cc1)c1cncc(NC2CCCCCC2)c1. The first-order chi connectivity index (χ1) is 11.7. The van der Waals surface area contributed by atoms with Gasteiger partial charge in [-0.2, -0.15) is 0 Å². The van der Waals surface area contributed by atoms with Gasteiger partial charge in [0.15, 0.2) is 0 Å². The van der Waals surface area contributed by atoms with Crippen LogP contribution in [0.1, 0.15) is 48.9 Å². The number of pyridine rings is 1. The Morgan fingerprint density at radius 1 is 1.00 bits per heavy atom. The summed E-state index contributed by atoms with van der Waals surface area (Å²) in [4.78, 5) is 16.6. The molecule has 24 heavy (non-hydrogen) atoms. The number of carbonyl (C=O) groups excluding carboxylic acids is 1. The summed E-state index contributed by atoms with van der Waals surface area (Å²) in [7, 11) is 0. The van der Waals surface area contributed by atoms with E-state index in [1.54, 1.807) is 12.4 Å². The lowest BCUT2D eigenvalue weighted by molar-refractivity contribution is 0.102. The maximum absolute atomic E-state index is 12.4. The van der Waals surface area contributed by atoms with E-state index in [2.05, 4.69) is 31.5 Å². The number of carbonyl (C=O) groups is 1. The maximum Gasteiger partial charge on any atom is 0.257 e. The van der Waals surface area contributed by atoms with Crippen LogP contribution < -0.4 is 10.6 Å². The summed E-state index contributed by atoms with van der Waals surface area (Å²) in [5, 5.41) is 6.44. The van der Waals surface area contributed by atoms with E-state index in [1.807, 2.05) is 30.3 Å². The van der Waals surface area contributed by atoms with Crippen LogP contribution in [0, 0.1) is 0 Å². The molecule has 0 spiro atoms. The molecule has 1 heterocycles. The molecule has 4 nitrogen and oxygen atoms in total. The highest BCUT2D eigenvalue weighted by Crippen LogP contribution is 2.21. The van der Waals surface area contributed by atoms with Crippen molar-refractivity contribution in [2.45, 2.75) is 44.6 Å². The van der Waals surface area contributed by atoms with Crippen LogP contribution in [0.5, 0.6) is 0 Å². The zero-order valence-electron chi connectivity index (χ0n) is 13.6. The van der Waals surface area contributed by atoms with Crippen LogP contribution in [0.2, 0.25) is 0 Å². The van der Waals surface area contributed by atoms with Crippen LogP contribution >= 0.6 is 15.9 Å². The summed E-state index contributed by atoms with van der Waals surface area (Å²) in [5.74, 6) is -0.144. The lowest BCUT2D eigenvalue weighted by Gasteiger charge is -2.17. The molecule has 1 fully saturated rings. The Kier molecular flexibility index (Phi) is 5.86. The zero-order chi connectivity index (χ0) is 16.8. The van der Waals surface area contributed by atoms with E-state index < -0.39 is 0 Å². The number of amides is 1. The molecule has 1 amide bonds. The Morgan fingerprint density at radius 2 is 1.71 bits per heavy atom. The third kappa shape index (κ3) is 4.81. The summed E-state index contributed by atoms with van der Waals surface area (Å²) < 4.78 is 0.983. The predicted octanol–water partition coefficient (Wildman–Crippen LogP) is 5.23. The normalized spacial score (nSPS) is 15.5. The fourth-order valence-corrected chi connectivity index (χ4v) is 3.30. The van der Waals surface area contributed by atoms with E-state index in [-0.39, 0.29) is 5.91 Å². The molecule has 1 aromatic carbocycles. The third-order valence-corrected chi connectivity index (χ3v) is 4.86. The van der Waals surface area contributed by atoms with Gasteiger partial charge in [0.05, 0.1) is 11.3 Å². The monoisotopic (exact) mass is 387 g/mol. The van der Waals surface area contributed by atoms with E-state index in [0.717, 1.165) is 15.8 Å². The van der Waals surface area contributed by atoms with Crippen molar-refractivity contribution in [1.82, 2.24) is 4.98 Å². The molecule has 1 saturated carbocycles. The van der Waals surface area contributed by atoms with Crippen molar-refractivity contribution in [3.63, 3.8) is 0 Å². The van der Waals surface area contributed by atoms with Crippen molar-refractivity contribution in [3.05, 3.63) is 52.8 Å². The highest BCUT2D eigenvalue weighted by Gasteiger charge is 2.13. The molecule has 1 aliphatic rings. The number of hydrogen-bond acceptors (Lipinski definition) is 3. The van der Waals surface area contributed by atoms with Gasteiger partial charge < -0.3 is 10.6 Å². The number of halogens is 1. The third-order valence-electron chi connectivity index (χ3n) is 4.33. The van der Waals surface area contributed by atoms with Gasteiger partial charge in [-0.05, 0) is 43.2 Å². The molecular weight excluding hydrogens is 366 g/mol. The average molecular weight is 388 g/mol. The molecule has 0 aliphatic heterocycles. The van der Waals surface area contributed by atoms with Gasteiger partial charge in [0, 0.05) is 28.6 Å². The fraction of sp³-hybridized carbons (Fsp3) is 0.368. The van der Waals surface area contributed by atoms with Gasteiger partial charge in [-0.15, -0.1) is 0 Å². The standard InChI is InChI=1S/C19H22BrN3O/c20-15-7-9-17(10-8-15)23-19(24)14-11-18(13-21-12-14)22-16-5-3-1-2-4-6-16/h7-13,16,22H,1-6H2,(H,23,24). The highest BCUT2D eigenvalue weighted by molar-refractivity contribution is 9.10. The second-order valence-corrected chi connectivity index (χ2v) is 7.17. The summed E-state index contributed by atoms with van der Waals surface area (Å²) in [5.41, 5.74) is 2.26. The van der Waals surface area contributed by atoms with Crippen LogP contribution in [-0.2, 0) is 0 Å². The summed E-state index contributed by atoms with van der Waals surface area (Å²) in [6, 6.07) is 9.90. The number of nitrogens with zero attached hydrogens (tertiary/aromatic N) is 1. The number of aromatic nitrogens is 1. The lowest BCUT2D eigenvalue weighted by atomic mass is 10.1. The first-order valence-corrected chi connectivity index (χ1v) is 9.28. The van der Waals surface area contributed by atoms with Gasteiger partial charge in [-0.1, -0.05) is 41.6 Å². The molecule has 1 aliphatic carbocycles. The van der Waals surface area contributed by atoms with Crippen molar-refractivity contribution in [1.29, 1.82) is 0 Å². The zero-order valence-corrected chi connectivity index (χ0v) is 15.2. The number of nitrogens with one attached hydrogen (secondary N) is 2. The second kappa shape index (κ2) is 8.29. The van der Waals surface area contributed by atoms with E-state index in [9.17, 15) is 4.79 Å². The Bertz CT molecular complexity index is 679. The lowest BCUT2D eigenvalue weighted by Crippen LogP contribution is -2.19. The Morgan fingerprint density at radius 3 is 2.42 bits per heavy atom. The van der Waals surface area contributed by atoms with E-state index >= 15 is 0 Å². The van der Waals surface area contributed by atoms with Crippen LogP contribution in [0.15, 0.2) is 47.2 Å².